The van der Waals surface area contributed by atoms with E-state index < -0.39 is 16.4 Å². The average Bonchev–Trinajstić information content (AvgIpc) is 2.73. The molecule has 0 bridgehead atoms. The molecular formula is C9H12F2N4O2. The van der Waals surface area contributed by atoms with Crippen molar-refractivity contribution in [2.24, 2.45) is 5.73 Å². The quantitative estimate of drug-likeness (QED) is 0.612. The number of halogens is 2. The molecule has 1 aliphatic rings. The summed E-state index contributed by atoms with van der Waals surface area (Å²) >= 11 is 0. The molecule has 3 N–H and O–H groups in total. The van der Waals surface area contributed by atoms with Crippen LogP contribution in [0.15, 0.2) is 6.07 Å². The van der Waals surface area contributed by atoms with E-state index in [1.54, 1.807) is 0 Å². The maximum Gasteiger partial charge on any atom is 0.342 e. The maximum absolute atomic E-state index is 13.0. The number of nitrogens with two attached hydrogens (primary N) is 1. The summed E-state index contributed by atoms with van der Waals surface area (Å²) in [4.78, 5) is 9.85. The molecule has 1 aliphatic carbocycles. The second-order valence-electron chi connectivity index (χ2n) is 4.41. The van der Waals surface area contributed by atoms with Crippen molar-refractivity contribution in [3.05, 3.63) is 21.9 Å². The third-order valence-electron chi connectivity index (χ3n) is 3.14. The highest BCUT2D eigenvalue weighted by Crippen LogP contribution is 2.41. The molecule has 0 spiro atoms. The zero-order chi connectivity index (χ0) is 12.7. The second kappa shape index (κ2) is 3.73. The summed E-state index contributed by atoms with van der Waals surface area (Å²) < 4.78 is 26.0. The van der Waals surface area contributed by atoms with E-state index in [4.69, 9.17) is 5.73 Å². The van der Waals surface area contributed by atoms with E-state index in [1.165, 1.54) is 6.07 Å². The number of alkyl halides is 2. The largest absolute Gasteiger partial charge is 0.358 e. The standard InChI is InChI=1S/C9H12F2N4O2/c10-9(11)3-1-8(12,2-4-9)6-5-7(14-13-6)15(16)17/h5H,1-4,12H2,(H,13,14). The van der Waals surface area contributed by atoms with Gasteiger partial charge in [-0.2, -0.15) is 0 Å². The van der Waals surface area contributed by atoms with E-state index in [0.717, 1.165) is 0 Å². The molecule has 1 aromatic heterocycles. The van der Waals surface area contributed by atoms with Crippen LogP contribution in [0.3, 0.4) is 0 Å². The predicted octanol–water partition coefficient (Wildman–Crippen LogP) is 1.68. The fraction of sp³-hybridized carbons (Fsp3) is 0.667. The highest BCUT2D eigenvalue weighted by Gasteiger charge is 2.44. The molecule has 94 valence electrons. The first-order valence-corrected chi connectivity index (χ1v) is 5.19. The van der Waals surface area contributed by atoms with Crippen LogP contribution in [0.1, 0.15) is 31.4 Å². The fourth-order valence-corrected chi connectivity index (χ4v) is 1.98. The van der Waals surface area contributed by atoms with E-state index in [1.807, 2.05) is 0 Å². The minimum Gasteiger partial charge on any atom is -0.358 e. The number of nitrogens with one attached hydrogen (secondary N) is 1. The molecule has 0 saturated heterocycles. The molecule has 0 aromatic carbocycles. The first-order chi connectivity index (χ1) is 7.82. The van der Waals surface area contributed by atoms with Gasteiger partial charge in [0.2, 0.25) is 5.92 Å². The number of H-pyrrole nitrogens is 1. The predicted molar refractivity (Wildman–Crippen MR) is 54.5 cm³/mol. The van der Waals surface area contributed by atoms with Gasteiger partial charge < -0.3 is 15.8 Å². The third-order valence-corrected chi connectivity index (χ3v) is 3.14. The second-order valence-corrected chi connectivity index (χ2v) is 4.41. The average molecular weight is 246 g/mol. The van der Waals surface area contributed by atoms with Crippen molar-refractivity contribution in [2.45, 2.75) is 37.1 Å². The van der Waals surface area contributed by atoms with Gasteiger partial charge in [-0.05, 0) is 17.8 Å². The Bertz CT molecular complexity index is 436. The van der Waals surface area contributed by atoms with Crippen molar-refractivity contribution in [3.8, 4) is 0 Å². The Hall–Kier alpha value is -1.57. The lowest BCUT2D eigenvalue weighted by molar-refractivity contribution is -0.389. The number of hydrogen-bond acceptors (Lipinski definition) is 4. The topological polar surface area (TPSA) is 97.8 Å². The van der Waals surface area contributed by atoms with Crippen LogP contribution in [-0.4, -0.2) is 21.0 Å². The lowest BCUT2D eigenvalue weighted by Gasteiger charge is -2.35. The van der Waals surface area contributed by atoms with E-state index in [-0.39, 0.29) is 37.2 Å². The minimum absolute atomic E-state index is 0.0714. The van der Waals surface area contributed by atoms with Crippen LogP contribution in [0, 0.1) is 10.1 Å². The Labute approximate surface area is 95.3 Å². The molecule has 1 saturated carbocycles. The molecule has 1 fully saturated rings. The van der Waals surface area contributed by atoms with Gasteiger partial charge in [0.1, 0.15) is 5.69 Å². The number of aromatic amines is 1. The first-order valence-electron chi connectivity index (χ1n) is 5.19. The molecule has 0 unspecified atom stereocenters. The molecule has 0 radical (unpaired) electrons. The summed E-state index contributed by atoms with van der Waals surface area (Å²) in [6.45, 7) is 0. The highest BCUT2D eigenvalue weighted by atomic mass is 19.3. The van der Waals surface area contributed by atoms with E-state index >= 15 is 0 Å². The highest BCUT2D eigenvalue weighted by molar-refractivity contribution is 5.26. The van der Waals surface area contributed by atoms with Crippen molar-refractivity contribution < 1.29 is 13.7 Å². The summed E-state index contributed by atoms with van der Waals surface area (Å²) in [6.07, 6.45) is -0.488. The minimum atomic E-state index is -2.69. The van der Waals surface area contributed by atoms with Crippen LogP contribution in [0.2, 0.25) is 0 Å². The van der Waals surface area contributed by atoms with Crippen molar-refractivity contribution in [1.29, 1.82) is 0 Å². The maximum atomic E-state index is 13.0. The fourth-order valence-electron chi connectivity index (χ4n) is 1.98. The van der Waals surface area contributed by atoms with E-state index in [2.05, 4.69) is 10.2 Å². The summed E-state index contributed by atoms with van der Waals surface area (Å²) in [5.41, 5.74) is 5.26. The van der Waals surface area contributed by atoms with Crippen molar-refractivity contribution in [1.82, 2.24) is 10.2 Å². The number of nitrogens with zero attached hydrogens (tertiary/aromatic N) is 2. The molecule has 0 atom stereocenters. The molecule has 0 aliphatic heterocycles. The monoisotopic (exact) mass is 246 g/mol. The molecule has 1 aromatic rings. The molecule has 0 amide bonds. The summed E-state index contributed by atoms with van der Waals surface area (Å²) in [5.74, 6) is -2.97. The lowest BCUT2D eigenvalue weighted by atomic mass is 9.78. The molecule has 2 rings (SSSR count). The van der Waals surface area contributed by atoms with Gasteiger partial charge in [0, 0.05) is 12.8 Å². The Morgan fingerprint density at radius 2 is 2.00 bits per heavy atom. The molecule has 6 nitrogen and oxygen atoms in total. The first kappa shape index (κ1) is 11.9. The van der Waals surface area contributed by atoms with E-state index in [0.29, 0.717) is 0 Å². The smallest absolute Gasteiger partial charge is 0.342 e. The van der Waals surface area contributed by atoms with Gasteiger partial charge in [-0.15, -0.1) is 5.10 Å². The Balaban J connectivity index is 2.18. The molecular weight excluding hydrogens is 234 g/mol. The third kappa shape index (κ3) is 2.26. The van der Waals surface area contributed by atoms with Crippen LogP contribution in [0.25, 0.3) is 0 Å². The molecule has 8 heteroatoms. The number of aromatic nitrogens is 2. The summed E-state index contributed by atoms with van der Waals surface area (Å²) in [5, 5.41) is 16.5. The number of hydrogen-bond donors (Lipinski definition) is 2. The van der Waals surface area contributed by atoms with Gasteiger partial charge in [0.15, 0.2) is 0 Å². The van der Waals surface area contributed by atoms with Gasteiger partial charge in [0.05, 0.1) is 11.6 Å². The zero-order valence-corrected chi connectivity index (χ0v) is 8.95. The van der Waals surface area contributed by atoms with Crippen LogP contribution in [0.5, 0.6) is 0 Å². The number of nitro groups is 1. The van der Waals surface area contributed by atoms with Gasteiger partial charge in [-0.3, -0.25) is 0 Å². The zero-order valence-electron chi connectivity index (χ0n) is 8.95. The van der Waals surface area contributed by atoms with Gasteiger partial charge in [0.25, 0.3) is 0 Å². The Kier molecular flexibility index (Phi) is 2.61. The van der Waals surface area contributed by atoms with Crippen LogP contribution >= 0.6 is 0 Å². The SMILES string of the molecule is NC1(c2cc([N+](=O)[O-])[nH]n2)CCC(F)(F)CC1. The summed E-state index contributed by atoms with van der Waals surface area (Å²) in [7, 11) is 0. The van der Waals surface area contributed by atoms with Crippen molar-refractivity contribution in [2.75, 3.05) is 0 Å². The van der Waals surface area contributed by atoms with Crippen LogP contribution in [-0.2, 0) is 5.54 Å². The molecule has 1 heterocycles. The van der Waals surface area contributed by atoms with Crippen LogP contribution in [0.4, 0.5) is 14.6 Å². The van der Waals surface area contributed by atoms with Crippen LogP contribution < -0.4 is 5.73 Å². The lowest BCUT2D eigenvalue weighted by Crippen LogP contribution is -2.43. The Morgan fingerprint density at radius 1 is 1.41 bits per heavy atom. The van der Waals surface area contributed by atoms with Crippen molar-refractivity contribution in [3.63, 3.8) is 0 Å². The normalized spacial score (nSPS) is 22.3. The Morgan fingerprint density at radius 3 is 2.47 bits per heavy atom. The van der Waals surface area contributed by atoms with E-state index in [9.17, 15) is 18.9 Å². The van der Waals surface area contributed by atoms with Gasteiger partial charge >= 0.3 is 5.82 Å². The summed E-state index contributed by atoms with van der Waals surface area (Å²) in [6, 6.07) is 1.21. The number of rotatable bonds is 2. The van der Waals surface area contributed by atoms with Gasteiger partial charge in [-0.1, -0.05) is 5.10 Å². The van der Waals surface area contributed by atoms with Crippen molar-refractivity contribution >= 4 is 5.82 Å². The molecule has 17 heavy (non-hydrogen) atoms. The van der Waals surface area contributed by atoms with Gasteiger partial charge in [-0.25, -0.2) is 8.78 Å².